The van der Waals surface area contributed by atoms with Gasteiger partial charge in [0.25, 0.3) is 5.91 Å². The summed E-state index contributed by atoms with van der Waals surface area (Å²) < 4.78 is 1.67. The molecule has 1 aliphatic rings. The molecule has 2 aromatic heterocycles. The van der Waals surface area contributed by atoms with Crippen LogP contribution in [0.3, 0.4) is 0 Å². The van der Waals surface area contributed by atoms with Crippen LogP contribution in [0, 0.1) is 0 Å². The molecule has 7 nitrogen and oxygen atoms in total. The number of hydrogen-bond donors (Lipinski definition) is 0. The third-order valence-electron chi connectivity index (χ3n) is 5.57. The second kappa shape index (κ2) is 8.80. The first-order chi connectivity index (χ1) is 15.7. The van der Waals surface area contributed by atoms with Crippen molar-refractivity contribution in [2.75, 3.05) is 31.1 Å². The van der Waals surface area contributed by atoms with Crippen LogP contribution in [0.5, 0.6) is 0 Å². The molecule has 0 radical (unpaired) electrons. The molecule has 5 rings (SSSR count). The Morgan fingerprint density at radius 1 is 0.844 bits per heavy atom. The second-order valence-electron chi connectivity index (χ2n) is 7.53. The summed E-state index contributed by atoms with van der Waals surface area (Å²) in [5.41, 5.74) is 3.66. The first-order valence-electron chi connectivity index (χ1n) is 10.4. The van der Waals surface area contributed by atoms with Crippen LogP contribution >= 0.6 is 11.6 Å². The van der Waals surface area contributed by atoms with E-state index in [2.05, 4.69) is 32.3 Å². The highest BCUT2D eigenvalue weighted by atomic mass is 35.5. The molecule has 3 heterocycles. The maximum absolute atomic E-state index is 13.5. The van der Waals surface area contributed by atoms with E-state index >= 15 is 0 Å². The number of anilines is 1. The number of benzene rings is 2. The number of pyridine rings is 1. The number of piperazine rings is 1. The van der Waals surface area contributed by atoms with Crippen LogP contribution in [0.15, 0.2) is 79.1 Å². The molecular formula is C24H21ClN6O. The molecule has 1 amide bonds. The van der Waals surface area contributed by atoms with E-state index in [9.17, 15) is 4.79 Å². The minimum Gasteiger partial charge on any atom is -0.368 e. The summed E-state index contributed by atoms with van der Waals surface area (Å²) in [4.78, 5) is 21.8. The fraction of sp³-hybridized carbons (Fsp3) is 0.167. The first-order valence-corrected chi connectivity index (χ1v) is 10.8. The van der Waals surface area contributed by atoms with Gasteiger partial charge in [0, 0.05) is 54.8 Å². The second-order valence-corrected chi connectivity index (χ2v) is 7.97. The standard InChI is InChI=1S/C24H21ClN6O/c25-19-8-10-21(11-9-19)31-23(18-5-4-12-26-17-18)22(27-28-31)24(32)30-15-13-29(14-16-30)20-6-2-1-3-7-20/h1-12,17H,13-16H2. The van der Waals surface area contributed by atoms with Crippen molar-refractivity contribution in [3.63, 3.8) is 0 Å². The van der Waals surface area contributed by atoms with Gasteiger partial charge in [0.1, 0.15) is 5.69 Å². The quantitative estimate of drug-likeness (QED) is 0.477. The van der Waals surface area contributed by atoms with Crippen molar-refractivity contribution in [2.45, 2.75) is 0 Å². The smallest absolute Gasteiger partial charge is 0.276 e. The van der Waals surface area contributed by atoms with Crippen LogP contribution in [0.25, 0.3) is 16.9 Å². The fourth-order valence-electron chi connectivity index (χ4n) is 3.91. The number of amides is 1. The third-order valence-corrected chi connectivity index (χ3v) is 5.82. The number of halogens is 1. The molecular weight excluding hydrogens is 424 g/mol. The first kappa shape index (κ1) is 20.2. The van der Waals surface area contributed by atoms with E-state index in [1.54, 1.807) is 29.2 Å². The number of para-hydroxylation sites is 1. The van der Waals surface area contributed by atoms with E-state index < -0.39 is 0 Å². The lowest BCUT2D eigenvalue weighted by atomic mass is 10.1. The van der Waals surface area contributed by atoms with Gasteiger partial charge in [0.05, 0.1) is 5.69 Å². The topological polar surface area (TPSA) is 67.2 Å². The molecule has 1 aliphatic heterocycles. The Morgan fingerprint density at radius 3 is 2.28 bits per heavy atom. The lowest BCUT2D eigenvalue weighted by Gasteiger charge is -2.35. The summed E-state index contributed by atoms with van der Waals surface area (Å²) in [6.45, 7) is 2.77. The Morgan fingerprint density at radius 2 is 1.59 bits per heavy atom. The number of carbonyl (C=O) groups is 1. The number of rotatable bonds is 4. The van der Waals surface area contributed by atoms with Gasteiger partial charge in [0.2, 0.25) is 0 Å². The Balaban J connectivity index is 1.44. The van der Waals surface area contributed by atoms with Crippen molar-refractivity contribution in [3.05, 3.63) is 89.8 Å². The van der Waals surface area contributed by atoms with Gasteiger partial charge in [-0.05, 0) is 48.5 Å². The van der Waals surface area contributed by atoms with Crippen LogP contribution in [-0.2, 0) is 0 Å². The van der Waals surface area contributed by atoms with Gasteiger partial charge in [0.15, 0.2) is 5.69 Å². The average molecular weight is 445 g/mol. The minimum absolute atomic E-state index is 0.128. The molecule has 1 fully saturated rings. The molecule has 0 unspecified atom stereocenters. The van der Waals surface area contributed by atoms with E-state index in [1.807, 2.05) is 47.4 Å². The van der Waals surface area contributed by atoms with Crippen LogP contribution in [0.1, 0.15) is 10.5 Å². The van der Waals surface area contributed by atoms with Crippen molar-refractivity contribution in [2.24, 2.45) is 0 Å². The highest BCUT2D eigenvalue weighted by Crippen LogP contribution is 2.27. The monoisotopic (exact) mass is 444 g/mol. The molecule has 0 atom stereocenters. The van der Waals surface area contributed by atoms with Gasteiger partial charge < -0.3 is 9.80 Å². The predicted molar refractivity (Wildman–Crippen MR) is 124 cm³/mol. The largest absolute Gasteiger partial charge is 0.368 e. The zero-order chi connectivity index (χ0) is 21.9. The van der Waals surface area contributed by atoms with E-state index in [1.165, 1.54) is 5.69 Å². The third kappa shape index (κ3) is 3.94. The average Bonchev–Trinajstić information content (AvgIpc) is 3.30. The van der Waals surface area contributed by atoms with Crippen molar-refractivity contribution >= 4 is 23.2 Å². The molecule has 0 spiro atoms. The lowest BCUT2D eigenvalue weighted by molar-refractivity contribution is 0.0741. The van der Waals surface area contributed by atoms with E-state index in [4.69, 9.17) is 11.6 Å². The number of aromatic nitrogens is 4. The molecule has 8 heteroatoms. The molecule has 0 N–H and O–H groups in total. The normalized spacial score (nSPS) is 13.9. The molecule has 0 saturated carbocycles. The maximum Gasteiger partial charge on any atom is 0.276 e. The van der Waals surface area contributed by atoms with E-state index in [0.717, 1.165) is 24.3 Å². The SMILES string of the molecule is O=C(c1nnn(-c2ccc(Cl)cc2)c1-c1cccnc1)N1CCN(c2ccccc2)CC1. The predicted octanol–water partition coefficient (Wildman–Crippen LogP) is 3.95. The zero-order valence-electron chi connectivity index (χ0n) is 17.3. The maximum atomic E-state index is 13.5. The molecule has 1 saturated heterocycles. The summed E-state index contributed by atoms with van der Waals surface area (Å²) in [7, 11) is 0. The number of hydrogen-bond acceptors (Lipinski definition) is 5. The van der Waals surface area contributed by atoms with Crippen LogP contribution in [-0.4, -0.2) is 57.0 Å². The number of nitrogens with zero attached hydrogens (tertiary/aromatic N) is 6. The van der Waals surface area contributed by atoms with Crippen molar-refractivity contribution in [3.8, 4) is 16.9 Å². The highest BCUT2D eigenvalue weighted by molar-refractivity contribution is 6.30. The summed E-state index contributed by atoms with van der Waals surface area (Å²) in [5.74, 6) is -0.128. The van der Waals surface area contributed by atoms with E-state index in [0.29, 0.717) is 29.5 Å². The Labute approximate surface area is 190 Å². The zero-order valence-corrected chi connectivity index (χ0v) is 18.1. The number of carbonyl (C=O) groups excluding carboxylic acids is 1. The summed E-state index contributed by atoms with van der Waals surface area (Å²) in [5, 5.41) is 9.23. The molecule has 32 heavy (non-hydrogen) atoms. The summed E-state index contributed by atoms with van der Waals surface area (Å²) in [6, 6.07) is 21.3. The Bertz CT molecular complexity index is 1200. The van der Waals surface area contributed by atoms with Gasteiger partial charge in [-0.3, -0.25) is 9.78 Å². The fourth-order valence-corrected chi connectivity index (χ4v) is 4.03. The van der Waals surface area contributed by atoms with Crippen molar-refractivity contribution in [1.82, 2.24) is 24.9 Å². The minimum atomic E-state index is -0.128. The summed E-state index contributed by atoms with van der Waals surface area (Å²) >= 11 is 6.05. The van der Waals surface area contributed by atoms with Crippen molar-refractivity contribution < 1.29 is 4.79 Å². The van der Waals surface area contributed by atoms with Gasteiger partial charge in [-0.2, -0.15) is 0 Å². The van der Waals surface area contributed by atoms with Crippen LogP contribution in [0.4, 0.5) is 5.69 Å². The molecule has 2 aromatic carbocycles. The van der Waals surface area contributed by atoms with Crippen LogP contribution in [0.2, 0.25) is 5.02 Å². The lowest BCUT2D eigenvalue weighted by Crippen LogP contribution is -2.49. The molecule has 0 aliphatic carbocycles. The molecule has 4 aromatic rings. The van der Waals surface area contributed by atoms with Crippen LogP contribution < -0.4 is 4.90 Å². The highest BCUT2D eigenvalue weighted by Gasteiger charge is 2.29. The van der Waals surface area contributed by atoms with Gasteiger partial charge in [-0.1, -0.05) is 35.0 Å². The van der Waals surface area contributed by atoms with Crippen molar-refractivity contribution in [1.29, 1.82) is 0 Å². The van der Waals surface area contributed by atoms with E-state index in [-0.39, 0.29) is 5.91 Å². The van der Waals surface area contributed by atoms with Gasteiger partial charge in [-0.15, -0.1) is 5.10 Å². The summed E-state index contributed by atoms with van der Waals surface area (Å²) in [6.07, 6.45) is 3.42. The molecule has 160 valence electrons. The van der Waals surface area contributed by atoms with Gasteiger partial charge >= 0.3 is 0 Å². The van der Waals surface area contributed by atoms with Gasteiger partial charge in [-0.25, -0.2) is 4.68 Å². The molecule has 0 bridgehead atoms. The Hall–Kier alpha value is -3.71. The Kier molecular flexibility index (Phi) is 5.56.